The molecule has 2 rings (SSSR count). The molecule has 1 amide bonds. The summed E-state index contributed by atoms with van der Waals surface area (Å²) in [7, 11) is 0. The van der Waals surface area contributed by atoms with E-state index in [4.69, 9.17) is 23.2 Å². The molecule has 0 aliphatic heterocycles. The molecule has 0 radical (unpaired) electrons. The zero-order valence-corrected chi connectivity index (χ0v) is 14.0. The molecule has 1 aromatic heterocycles. The van der Waals surface area contributed by atoms with Crippen LogP contribution in [0.15, 0.2) is 30.6 Å². The maximum absolute atomic E-state index is 12.3. The first-order valence-corrected chi connectivity index (χ1v) is 7.37. The van der Waals surface area contributed by atoms with Crippen molar-refractivity contribution < 1.29 is 4.79 Å². The molecule has 0 fully saturated rings. The largest absolute Gasteiger partial charge is 0.365 e. The highest BCUT2D eigenvalue weighted by molar-refractivity contribution is 6.40. The topological polar surface area (TPSA) is 66.9 Å². The van der Waals surface area contributed by atoms with Gasteiger partial charge in [-0.05, 0) is 32.9 Å². The third-order valence-corrected chi connectivity index (χ3v) is 3.23. The highest BCUT2D eigenvalue weighted by Crippen LogP contribution is 2.30. The van der Waals surface area contributed by atoms with E-state index in [1.54, 1.807) is 24.3 Å². The first-order chi connectivity index (χ1) is 10.3. The monoisotopic (exact) mass is 338 g/mol. The minimum Gasteiger partial charge on any atom is -0.365 e. The lowest BCUT2D eigenvalue weighted by atomic mass is 10.1. The van der Waals surface area contributed by atoms with E-state index >= 15 is 0 Å². The van der Waals surface area contributed by atoms with Gasteiger partial charge in [-0.1, -0.05) is 29.3 Å². The normalized spacial score (nSPS) is 11.1. The van der Waals surface area contributed by atoms with Gasteiger partial charge in [-0.15, -0.1) is 0 Å². The third kappa shape index (κ3) is 4.32. The van der Waals surface area contributed by atoms with Crippen molar-refractivity contribution in [3.05, 3.63) is 46.3 Å². The summed E-state index contributed by atoms with van der Waals surface area (Å²) in [5.74, 6) is 0.160. The van der Waals surface area contributed by atoms with Crippen molar-refractivity contribution in [2.24, 2.45) is 0 Å². The van der Waals surface area contributed by atoms with Crippen molar-refractivity contribution >= 4 is 40.6 Å². The highest BCUT2D eigenvalue weighted by atomic mass is 35.5. The van der Waals surface area contributed by atoms with E-state index in [-0.39, 0.29) is 11.2 Å². The Bertz CT molecular complexity index is 678. The maximum Gasteiger partial charge on any atom is 0.274 e. The molecule has 0 unspecified atom stereocenters. The molecular weight excluding hydrogens is 323 g/mol. The smallest absolute Gasteiger partial charge is 0.274 e. The fourth-order valence-electron chi connectivity index (χ4n) is 1.73. The van der Waals surface area contributed by atoms with Crippen molar-refractivity contribution in [1.29, 1.82) is 0 Å². The number of amides is 1. The number of halogens is 2. The minimum absolute atomic E-state index is 0.172. The van der Waals surface area contributed by atoms with E-state index in [2.05, 4.69) is 20.6 Å². The van der Waals surface area contributed by atoms with Crippen LogP contribution in [0.1, 0.15) is 31.3 Å². The molecular formula is C15H16Cl2N4O. The first-order valence-electron chi connectivity index (χ1n) is 6.62. The van der Waals surface area contributed by atoms with Gasteiger partial charge in [-0.2, -0.15) is 0 Å². The summed E-state index contributed by atoms with van der Waals surface area (Å²) < 4.78 is 0. The number of hydrogen-bond acceptors (Lipinski definition) is 4. The van der Waals surface area contributed by atoms with E-state index in [0.717, 1.165) is 0 Å². The maximum atomic E-state index is 12.3. The van der Waals surface area contributed by atoms with Gasteiger partial charge < -0.3 is 10.6 Å². The SMILES string of the molecule is CC(C)(C)Nc1cc(C(=O)Nc2c(Cl)cccc2Cl)ncn1. The first kappa shape index (κ1) is 16.5. The molecule has 2 aromatic rings. The lowest BCUT2D eigenvalue weighted by molar-refractivity contribution is 0.102. The summed E-state index contributed by atoms with van der Waals surface area (Å²) in [5, 5.41) is 6.57. The van der Waals surface area contributed by atoms with Crippen LogP contribution in [-0.4, -0.2) is 21.4 Å². The number of para-hydroxylation sites is 1. The fraction of sp³-hybridized carbons (Fsp3) is 0.267. The van der Waals surface area contributed by atoms with E-state index in [1.807, 2.05) is 20.8 Å². The Balaban J connectivity index is 2.22. The van der Waals surface area contributed by atoms with E-state index in [0.29, 0.717) is 21.6 Å². The lowest BCUT2D eigenvalue weighted by Crippen LogP contribution is -2.27. The number of carbonyl (C=O) groups is 1. The Kier molecular flexibility index (Phi) is 4.88. The Hall–Kier alpha value is -1.85. The summed E-state index contributed by atoms with van der Waals surface area (Å²) in [6.45, 7) is 6.00. The molecule has 0 atom stereocenters. The average Bonchev–Trinajstić information content (AvgIpc) is 2.41. The van der Waals surface area contributed by atoms with Crippen molar-refractivity contribution in [3.63, 3.8) is 0 Å². The number of aromatic nitrogens is 2. The molecule has 116 valence electrons. The van der Waals surface area contributed by atoms with E-state index < -0.39 is 5.91 Å². The van der Waals surface area contributed by atoms with Crippen molar-refractivity contribution in [2.45, 2.75) is 26.3 Å². The molecule has 0 saturated heterocycles. The Morgan fingerprint density at radius 1 is 1.14 bits per heavy atom. The van der Waals surface area contributed by atoms with Crippen molar-refractivity contribution in [1.82, 2.24) is 9.97 Å². The molecule has 7 heteroatoms. The van der Waals surface area contributed by atoms with Crippen molar-refractivity contribution in [3.8, 4) is 0 Å². The van der Waals surface area contributed by atoms with Crippen LogP contribution in [0.5, 0.6) is 0 Å². The molecule has 1 heterocycles. The molecule has 0 bridgehead atoms. The fourth-order valence-corrected chi connectivity index (χ4v) is 2.22. The van der Waals surface area contributed by atoms with Crippen LogP contribution in [0.25, 0.3) is 0 Å². The number of nitrogens with one attached hydrogen (secondary N) is 2. The summed E-state index contributed by atoms with van der Waals surface area (Å²) in [6, 6.07) is 6.58. The van der Waals surface area contributed by atoms with E-state index in [9.17, 15) is 4.79 Å². The summed E-state index contributed by atoms with van der Waals surface area (Å²) in [6.07, 6.45) is 1.33. The quantitative estimate of drug-likeness (QED) is 0.877. The number of anilines is 2. The number of rotatable bonds is 3. The minimum atomic E-state index is -0.408. The van der Waals surface area contributed by atoms with Gasteiger partial charge in [0.15, 0.2) is 0 Å². The van der Waals surface area contributed by atoms with Crippen LogP contribution in [0.2, 0.25) is 10.0 Å². The highest BCUT2D eigenvalue weighted by Gasteiger charge is 2.15. The van der Waals surface area contributed by atoms with Gasteiger partial charge in [0, 0.05) is 11.6 Å². The third-order valence-electron chi connectivity index (χ3n) is 2.60. The predicted octanol–water partition coefficient (Wildman–Crippen LogP) is 4.25. The van der Waals surface area contributed by atoms with Crippen LogP contribution >= 0.6 is 23.2 Å². The van der Waals surface area contributed by atoms with Gasteiger partial charge in [0.05, 0.1) is 15.7 Å². The number of hydrogen-bond donors (Lipinski definition) is 2. The number of nitrogens with zero attached hydrogens (tertiary/aromatic N) is 2. The predicted molar refractivity (Wildman–Crippen MR) is 89.8 cm³/mol. The van der Waals surface area contributed by atoms with Crippen LogP contribution in [-0.2, 0) is 0 Å². The van der Waals surface area contributed by atoms with Gasteiger partial charge in [-0.3, -0.25) is 4.79 Å². The molecule has 1 aromatic carbocycles. The zero-order chi connectivity index (χ0) is 16.3. The second-order valence-electron chi connectivity index (χ2n) is 5.71. The zero-order valence-electron chi connectivity index (χ0n) is 12.4. The molecule has 0 aliphatic carbocycles. The molecule has 0 saturated carbocycles. The van der Waals surface area contributed by atoms with E-state index in [1.165, 1.54) is 6.33 Å². The van der Waals surface area contributed by atoms with Gasteiger partial charge in [0.25, 0.3) is 5.91 Å². The standard InChI is InChI=1S/C15H16Cl2N4O/c1-15(2,3)21-12-7-11(18-8-19-12)14(22)20-13-9(16)5-4-6-10(13)17/h4-8H,1-3H3,(H,20,22)(H,18,19,21). The van der Waals surface area contributed by atoms with Crippen LogP contribution in [0.3, 0.4) is 0 Å². The average molecular weight is 339 g/mol. The summed E-state index contributed by atoms with van der Waals surface area (Å²) in [5.41, 5.74) is 0.409. The Morgan fingerprint density at radius 2 is 1.77 bits per heavy atom. The van der Waals surface area contributed by atoms with Gasteiger partial charge in [0.2, 0.25) is 0 Å². The molecule has 5 nitrogen and oxygen atoms in total. The van der Waals surface area contributed by atoms with Crippen LogP contribution in [0, 0.1) is 0 Å². The van der Waals surface area contributed by atoms with Crippen LogP contribution in [0.4, 0.5) is 11.5 Å². The Labute approximate surface area is 139 Å². The second kappa shape index (κ2) is 6.50. The summed E-state index contributed by atoms with van der Waals surface area (Å²) >= 11 is 12.1. The molecule has 0 spiro atoms. The lowest BCUT2D eigenvalue weighted by Gasteiger charge is -2.21. The van der Waals surface area contributed by atoms with Crippen molar-refractivity contribution in [2.75, 3.05) is 10.6 Å². The molecule has 2 N–H and O–H groups in total. The van der Waals surface area contributed by atoms with Crippen LogP contribution < -0.4 is 10.6 Å². The second-order valence-corrected chi connectivity index (χ2v) is 6.53. The Morgan fingerprint density at radius 3 is 2.36 bits per heavy atom. The van der Waals surface area contributed by atoms with Gasteiger partial charge in [-0.25, -0.2) is 9.97 Å². The van der Waals surface area contributed by atoms with Gasteiger partial charge in [0.1, 0.15) is 17.8 Å². The van der Waals surface area contributed by atoms with Gasteiger partial charge >= 0.3 is 0 Å². The summed E-state index contributed by atoms with van der Waals surface area (Å²) in [4.78, 5) is 20.4. The molecule has 22 heavy (non-hydrogen) atoms. The number of carbonyl (C=O) groups excluding carboxylic acids is 1. The molecule has 0 aliphatic rings. The number of benzene rings is 1.